The maximum absolute atomic E-state index is 12.9. The summed E-state index contributed by atoms with van der Waals surface area (Å²) in [5.74, 6) is -1.20. The van der Waals surface area contributed by atoms with Crippen molar-refractivity contribution in [3.63, 3.8) is 0 Å². The molecule has 0 aliphatic carbocycles. The fourth-order valence-electron chi connectivity index (χ4n) is 2.20. The number of hydrogen-bond donors (Lipinski definition) is 1. The van der Waals surface area contributed by atoms with E-state index in [9.17, 15) is 18.3 Å². The molecule has 3 aromatic rings. The zero-order valence-corrected chi connectivity index (χ0v) is 13.5. The van der Waals surface area contributed by atoms with Gasteiger partial charge in [-0.1, -0.05) is 18.2 Å². The smallest absolute Gasteiger partial charge is 0.337 e. The largest absolute Gasteiger partial charge is 0.478 e. The van der Waals surface area contributed by atoms with Crippen molar-refractivity contribution in [3.8, 4) is 0 Å². The average molecular weight is 349 g/mol. The number of aromatic nitrogens is 2. The summed E-state index contributed by atoms with van der Waals surface area (Å²) in [5.41, 5.74) is 0.746. The summed E-state index contributed by atoms with van der Waals surface area (Å²) in [5, 5.41) is 9.25. The molecule has 0 aliphatic heterocycles. The Morgan fingerprint density at radius 3 is 2.61 bits per heavy atom. The third-order valence-corrected chi connectivity index (χ3v) is 5.71. The van der Waals surface area contributed by atoms with Crippen molar-refractivity contribution in [2.75, 3.05) is 11.4 Å². The molecule has 23 heavy (non-hydrogen) atoms. The van der Waals surface area contributed by atoms with Gasteiger partial charge in [0.2, 0.25) is 0 Å². The maximum atomic E-state index is 12.9. The van der Waals surface area contributed by atoms with Crippen LogP contribution in [0.15, 0.2) is 47.4 Å². The molecular formula is C14H11N3O4S2. The Morgan fingerprint density at radius 1 is 1.13 bits per heavy atom. The van der Waals surface area contributed by atoms with E-state index in [4.69, 9.17) is 0 Å². The number of carboxylic acid groups (broad SMARTS) is 1. The van der Waals surface area contributed by atoms with Gasteiger partial charge in [0.05, 0.1) is 23.0 Å². The van der Waals surface area contributed by atoms with Crippen LogP contribution in [0.4, 0.5) is 5.69 Å². The van der Waals surface area contributed by atoms with Crippen LogP contribution in [-0.4, -0.2) is 35.3 Å². The molecule has 7 nitrogen and oxygen atoms in total. The molecule has 3 rings (SSSR count). The molecule has 0 amide bonds. The maximum Gasteiger partial charge on any atom is 0.337 e. The molecule has 0 spiro atoms. The summed E-state index contributed by atoms with van der Waals surface area (Å²) >= 11 is 0.922. The zero-order chi connectivity index (χ0) is 16.6. The van der Waals surface area contributed by atoms with Gasteiger partial charge in [-0.2, -0.15) is 8.75 Å². The zero-order valence-electron chi connectivity index (χ0n) is 11.9. The number of anilines is 1. The Balaban J connectivity index is 2.17. The Labute approximate surface area is 136 Å². The fraction of sp³-hybridized carbons (Fsp3) is 0.0714. The van der Waals surface area contributed by atoms with Crippen molar-refractivity contribution >= 4 is 44.4 Å². The number of sulfonamides is 1. The number of hydrogen-bond acceptors (Lipinski definition) is 6. The molecule has 1 aromatic heterocycles. The fourth-order valence-corrected chi connectivity index (χ4v) is 4.16. The van der Waals surface area contributed by atoms with Crippen molar-refractivity contribution in [1.29, 1.82) is 0 Å². The Morgan fingerprint density at radius 2 is 1.87 bits per heavy atom. The highest BCUT2D eigenvalue weighted by Gasteiger charge is 2.27. The van der Waals surface area contributed by atoms with Crippen LogP contribution < -0.4 is 4.31 Å². The minimum absolute atomic E-state index is 0.00792. The van der Waals surface area contributed by atoms with Crippen molar-refractivity contribution in [2.24, 2.45) is 0 Å². The van der Waals surface area contributed by atoms with E-state index in [0.717, 1.165) is 16.0 Å². The van der Waals surface area contributed by atoms with Crippen molar-refractivity contribution in [3.05, 3.63) is 48.0 Å². The average Bonchev–Trinajstić information content (AvgIpc) is 3.02. The third-order valence-electron chi connectivity index (χ3n) is 3.36. The number of carboxylic acids is 1. The first kappa shape index (κ1) is 15.4. The molecule has 0 unspecified atom stereocenters. The highest BCUT2D eigenvalue weighted by Crippen LogP contribution is 2.29. The first-order valence-corrected chi connectivity index (χ1v) is 8.62. The van der Waals surface area contributed by atoms with Crippen LogP contribution in [0.25, 0.3) is 11.0 Å². The summed E-state index contributed by atoms with van der Waals surface area (Å²) in [6.45, 7) is 0. The molecule has 0 bridgehead atoms. The van der Waals surface area contributed by atoms with Crippen molar-refractivity contribution in [1.82, 2.24) is 8.75 Å². The van der Waals surface area contributed by atoms with E-state index in [-0.39, 0.29) is 21.7 Å². The molecule has 1 N–H and O–H groups in total. The van der Waals surface area contributed by atoms with Crippen LogP contribution >= 0.6 is 11.7 Å². The van der Waals surface area contributed by atoms with E-state index in [2.05, 4.69) is 8.75 Å². The van der Waals surface area contributed by atoms with E-state index in [1.54, 1.807) is 24.3 Å². The molecule has 0 atom stereocenters. The lowest BCUT2D eigenvalue weighted by Gasteiger charge is -2.21. The lowest BCUT2D eigenvalue weighted by molar-refractivity contribution is 0.0698. The third kappa shape index (κ3) is 2.53. The van der Waals surface area contributed by atoms with Crippen LogP contribution in [0.1, 0.15) is 10.4 Å². The quantitative estimate of drug-likeness (QED) is 0.775. The molecular weight excluding hydrogens is 338 g/mol. The Bertz CT molecular complexity index is 998. The second-order valence-electron chi connectivity index (χ2n) is 4.68. The van der Waals surface area contributed by atoms with Gasteiger partial charge in [0, 0.05) is 7.05 Å². The number of para-hydroxylation sites is 1. The van der Waals surface area contributed by atoms with E-state index < -0.39 is 16.0 Å². The second-order valence-corrected chi connectivity index (χ2v) is 7.15. The number of fused-ring (bicyclic) bond motifs is 1. The van der Waals surface area contributed by atoms with Crippen molar-refractivity contribution in [2.45, 2.75) is 4.90 Å². The number of aromatic carboxylic acids is 1. The van der Waals surface area contributed by atoms with Gasteiger partial charge in [-0.25, -0.2) is 13.2 Å². The molecule has 0 saturated heterocycles. The number of carbonyl (C=O) groups is 1. The highest BCUT2D eigenvalue weighted by atomic mass is 32.2. The van der Waals surface area contributed by atoms with Gasteiger partial charge in [0.15, 0.2) is 0 Å². The molecule has 0 radical (unpaired) electrons. The first-order chi connectivity index (χ1) is 10.9. The molecule has 0 aliphatic rings. The SMILES string of the molecule is CN(c1ccccc1C(=O)O)S(=O)(=O)c1cccc2nsnc12. The van der Waals surface area contributed by atoms with Gasteiger partial charge in [-0.15, -0.1) is 0 Å². The van der Waals surface area contributed by atoms with Gasteiger partial charge < -0.3 is 5.11 Å². The molecule has 9 heteroatoms. The minimum Gasteiger partial charge on any atom is -0.478 e. The summed E-state index contributed by atoms with van der Waals surface area (Å²) in [6, 6.07) is 10.6. The number of benzene rings is 2. The standard InChI is InChI=1S/C14H11N3O4S2/c1-17(11-7-3-2-5-9(11)14(18)19)23(20,21)12-8-4-6-10-13(12)16-22-15-10/h2-8H,1H3,(H,18,19). The normalized spacial score (nSPS) is 11.5. The predicted octanol–water partition coefficient (Wildman–Crippen LogP) is 2.21. The van der Waals surface area contributed by atoms with Crippen LogP contribution in [0.2, 0.25) is 0 Å². The van der Waals surface area contributed by atoms with Crippen LogP contribution in [0.3, 0.4) is 0 Å². The lowest BCUT2D eigenvalue weighted by Crippen LogP contribution is -2.28. The Hall–Kier alpha value is -2.52. The van der Waals surface area contributed by atoms with E-state index in [1.165, 1.54) is 25.2 Å². The molecule has 2 aromatic carbocycles. The van der Waals surface area contributed by atoms with Gasteiger partial charge in [-0.05, 0) is 24.3 Å². The molecule has 118 valence electrons. The second kappa shape index (κ2) is 5.60. The minimum atomic E-state index is -3.97. The summed E-state index contributed by atoms with van der Waals surface area (Å²) < 4.78 is 34.8. The van der Waals surface area contributed by atoms with Crippen LogP contribution in [-0.2, 0) is 10.0 Å². The number of nitrogens with zero attached hydrogens (tertiary/aromatic N) is 3. The van der Waals surface area contributed by atoms with Gasteiger partial charge in [0.1, 0.15) is 15.9 Å². The number of rotatable bonds is 4. The summed E-state index contributed by atoms with van der Waals surface area (Å²) in [6.07, 6.45) is 0. The molecule has 0 saturated carbocycles. The van der Waals surface area contributed by atoms with Gasteiger partial charge >= 0.3 is 5.97 Å². The van der Waals surface area contributed by atoms with E-state index in [0.29, 0.717) is 5.52 Å². The van der Waals surface area contributed by atoms with Crippen LogP contribution in [0.5, 0.6) is 0 Å². The monoisotopic (exact) mass is 349 g/mol. The molecule has 0 fully saturated rings. The lowest BCUT2D eigenvalue weighted by atomic mass is 10.2. The van der Waals surface area contributed by atoms with E-state index >= 15 is 0 Å². The summed E-state index contributed by atoms with van der Waals surface area (Å²) in [7, 11) is -2.66. The predicted molar refractivity (Wildman–Crippen MR) is 86.4 cm³/mol. The van der Waals surface area contributed by atoms with Crippen molar-refractivity contribution < 1.29 is 18.3 Å². The topological polar surface area (TPSA) is 100 Å². The van der Waals surface area contributed by atoms with Gasteiger partial charge in [-0.3, -0.25) is 4.31 Å². The van der Waals surface area contributed by atoms with Crippen LogP contribution in [0, 0.1) is 0 Å². The molecule has 1 heterocycles. The Kier molecular flexibility index (Phi) is 3.74. The van der Waals surface area contributed by atoms with E-state index in [1.807, 2.05) is 0 Å². The summed E-state index contributed by atoms with van der Waals surface area (Å²) in [4.78, 5) is 11.3. The first-order valence-electron chi connectivity index (χ1n) is 6.45. The highest BCUT2D eigenvalue weighted by molar-refractivity contribution is 7.93. The van der Waals surface area contributed by atoms with Gasteiger partial charge in [0.25, 0.3) is 10.0 Å².